The Morgan fingerprint density at radius 2 is 2.55 bits per heavy atom. The third kappa shape index (κ3) is 0.948. The number of rotatable bonds is 0. The monoisotopic (exact) mass is 153 g/mol. The SMILES string of the molecule is NC1CCn2ccnc2C1O. The van der Waals surface area contributed by atoms with E-state index in [2.05, 4.69) is 4.98 Å². The van der Waals surface area contributed by atoms with Crippen molar-refractivity contribution in [2.75, 3.05) is 0 Å². The van der Waals surface area contributed by atoms with E-state index in [-0.39, 0.29) is 6.04 Å². The molecule has 0 amide bonds. The number of aryl methyl sites for hydroxylation is 1. The van der Waals surface area contributed by atoms with Gasteiger partial charge in [0.15, 0.2) is 0 Å². The lowest BCUT2D eigenvalue weighted by molar-refractivity contribution is 0.111. The van der Waals surface area contributed by atoms with Crippen molar-refractivity contribution < 1.29 is 5.11 Å². The largest absolute Gasteiger partial charge is 0.384 e. The first-order valence-electron chi connectivity index (χ1n) is 3.73. The molecule has 2 unspecified atom stereocenters. The van der Waals surface area contributed by atoms with Crippen LogP contribution in [0, 0.1) is 0 Å². The highest BCUT2D eigenvalue weighted by molar-refractivity contribution is 5.03. The topological polar surface area (TPSA) is 64.1 Å². The number of fused-ring (bicyclic) bond motifs is 1. The van der Waals surface area contributed by atoms with E-state index in [4.69, 9.17) is 5.73 Å². The van der Waals surface area contributed by atoms with Crippen LogP contribution in [0.25, 0.3) is 0 Å². The lowest BCUT2D eigenvalue weighted by atomic mass is 10.0. The number of hydrogen-bond acceptors (Lipinski definition) is 3. The molecule has 1 aliphatic heterocycles. The summed E-state index contributed by atoms with van der Waals surface area (Å²) in [7, 11) is 0. The Morgan fingerprint density at radius 1 is 1.73 bits per heavy atom. The summed E-state index contributed by atoms with van der Waals surface area (Å²) in [4.78, 5) is 4.02. The van der Waals surface area contributed by atoms with Crippen molar-refractivity contribution in [3.63, 3.8) is 0 Å². The quantitative estimate of drug-likeness (QED) is 0.535. The zero-order valence-corrected chi connectivity index (χ0v) is 6.14. The lowest BCUT2D eigenvalue weighted by Crippen LogP contribution is -2.35. The molecule has 11 heavy (non-hydrogen) atoms. The maximum atomic E-state index is 9.51. The predicted octanol–water partition coefficient (Wildman–Crippen LogP) is -0.353. The molecule has 2 atom stereocenters. The molecule has 0 fully saturated rings. The van der Waals surface area contributed by atoms with Crippen molar-refractivity contribution in [2.24, 2.45) is 5.73 Å². The van der Waals surface area contributed by atoms with Gasteiger partial charge in [0.1, 0.15) is 11.9 Å². The summed E-state index contributed by atoms with van der Waals surface area (Å²) >= 11 is 0. The standard InChI is InChI=1S/C7H11N3O/c8-5-1-3-10-4-2-9-7(10)6(5)11/h2,4-6,11H,1,3,8H2. The summed E-state index contributed by atoms with van der Waals surface area (Å²) in [5, 5.41) is 9.51. The van der Waals surface area contributed by atoms with E-state index in [0.717, 1.165) is 13.0 Å². The fraction of sp³-hybridized carbons (Fsp3) is 0.571. The van der Waals surface area contributed by atoms with E-state index >= 15 is 0 Å². The average Bonchev–Trinajstić information content (AvgIpc) is 2.45. The van der Waals surface area contributed by atoms with Crippen molar-refractivity contribution in [1.29, 1.82) is 0 Å². The van der Waals surface area contributed by atoms with Crippen molar-refractivity contribution in [3.05, 3.63) is 18.2 Å². The second kappa shape index (κ2) is 2.32. The van der Waals surface area contributed by atoms with Crippen molar-refractivity contribution in [3.8, 4) is 0 Å². The molecule has 0 saturated carbocycles. The number of imidazole rings is 1. The first-order chi connectivity index (χ1) is 5.29. The van der Waals surface area contributed by atoms with Gasteiger partial charge in [-0.3, -0.25) is 0 Å². The molecule has 0 radical (unpaired) electrons. The predicted molar refractivity (Wildman–Crippen MR) is 39.8 cm³/mol. The third-order valence-electron chi connectivity index (χ3n) is 2.12. The van der Waals surface area contributed by atoms with Gasteiger partial charge in [-0.05, 0) is 6.42 Å². The Morgan fingerprint density at radius 3 is 3.36 bits per heavy atom. The molecule has 0 bridgehead atoms. The van der Waals surface area contributed by atoms with Crippen molar-refractivity contribution in [1.82, 2.24) is 9.55 Å². The molecule has 60 valence electrons. The molecule has 0 spiro atoms. The van der Waals surface area contributed by atoms with Crippen LogP contribution in [-0.4, -0.2) is 20.7 Å². The smallest absolute Gasteiger partial charge is 0.139 e. The number of aliphatic hydroxyl groups excluding tert-OH is 1. The van der Waals surface area contributed by atoms with Crippen LogP contribution in [0.1, 0.15) is 18.3 Å². The molecule has 0 aromatic carbocycles. The summed E-state index contributed by atoms with van der Waals surface area (Å²) < 4.78 is 1.94. The van der Waals surface area contributed by atoms with E-state index in [0.29, 0.717) is 5.82 Å². The van der Waals surface area contributed by atoms with E-state index in [1.54, 1.807) is 6.20 Å². The highest BCUT2D eigenvalue weighted by Crippen LogP contribution is 2.21. The lowest BCUT2D eigenvalue weighted by Gasteiger charge is -2.24. The average molecular weight is 153 g/mol. The third-order valence-corrected chi connectivity index (χ3v) is 2.12. The van der Waals surface area contributed by atoms with Gasteiger partial charge in [0.2, 0.25) is 0 Å². The van der Waals surface area contributed by atoms with Gasteiger partial charge in [0.05, 0.1) is 0 Å². The zero-order valence-electron chi connectivity index (χ0n) is 6.14. The molecule has 2 rings (SSSR count). The van der Waals surface area contributed by atoms with Gasteiger partial charge in [-0.2, -0.15) is 0 Å². The first-order valence-corrected chi connectivity index (χ1v) is 3.73. The second-order valence-corrected chi connectivity index (χ2v) is 2.88. The van der Waals surface area contributed by atoms with Gasteiger partial charge in [-0.15, -0.1) is 0 Å². The maximum absolute atomic E-state index is 9.51. The Bertz CT molecular complexity index is 258. The Labute approximate surface area is 64.7 Å². The second-order valence-electron chi connectivity index (χ2n) is 2.88. The number of aromatic nitrogens is 2. The number of aliphatic hydroxyl groups is 1. The van der Waals surface area contributed by atoms with Gasteiger partial charge in [-0.1, -0.05) is 0 Å². The normalized spacial score (nSPS) is 30.0. The summed E-state index contributed by atoms with van der Waals surface area (Å²) in [6, 6.07) is -0.148. The van der Waals surface area contributed by atoms with Crippen LogP contribution < -0.4 is 5.73 Å². The van der Waals surface area contributed by atoms with Gasteiger partial charge in [0, 0.05) is 25.0 Å². The van der Waals surface area contributed by atoms with Crippen molar-refractivity contribution in [2.45, 2.75) is 25.1 Å². The van der Waals surface area contributed by atoms with Gasteiger partial charge in [0.25, 0.3) is 0 Å². The molecule has 1 aliphatic rings. The zero-order chi connectivity index (χ0) is 7.84. The van der Waals surface area contributed by atoms with Gasteiger partial charge < -0.3 is 15.4 Å². The minimum absolute atomic E-state index is 0.148. The van der Waals surface area contributed by atoms with E-state index in [1.165, 1.54) is 0 Å². The molecular weight excluding hydrogens is 142 g/mol. The minimum Gasteiger partial charge on any atom is -0.384 e. The van der Waals surface area contributed by atoms with Gasteiger partial charge in [-0.25, -0.2) is 4.98 Å². The molecule has 0 saturated heterocycles. The van der Waals surface area contributed by atoms with Crippen LogP contribution >= 0.6 is 0 Å². The Kier molecular flexibility index (Phi) is 1.44. The van der Waals surface area contributed by atoms with E-state index < -0.39 is 6.10 Å². The summed E-state index contributed by atoms with van der Waals surface area (Å²) in [5.41, 5.74) is 5.65. The van der Waals surface area contributed by atoms with Crippen LogP contribution in [0.4, 0.5) is 0 Å². The molecule has 4 heteroatoms. The van der Waals surface area contributed by atoms with Crippen LogP contribution in [0.3, 0.4) is 0 Å². The maximum Gasteiger partial charge on any atom is 0.139 e. The molecule has 1 aromatic heterocycles. The highest BCUT2D eigenvalue weighted by Gasteiger charge is 2.25. The van der Waals surface area contributed by atoms with Gasteiger partial charge >= 0.3 is 0 Å². The molecule has 3 N–H and O–H groups in total. The number of hydrogen-bond donors (Lipinski definition) is 2. The Hall–Kier alpha value is -0.870. The summed E-state index contributed by atoms with van der Waals surface area (Å²) in [6.45, 7) is 0.869. The van der Waals surface area contributed by atoms with Crippen LogP contribution in [-0.2, 0) is 6.54 Å². The van der Waals surface area contributed by atoms with Crippen LogP contribution in [0.5, 0.6) is 0 Å². The van der Waals surface area contributed by atoms with Crippen molar-refractivity contribution >= 4 is 0 Å². The summed E-state index contributed by atoms with van der Waals surface area (Å²) in [6.07, 6.45) is 3.80. The Balaban J connectivity index is 2.38. The molecule has 2 heterocycles. The van der Waals surface area contributed by atoms with E-state index in [1.807, 2.05) is 10.8 Å². The number of nitrogens with two attached hydrogens (primary N) is 1. The first kappa shape index (κ1) is 6.82. The fourth-order valence-electron chi connectivity index (χ4n) is 1.41. The number of nitrogens with zero attached hydrogens (tertiary/aromatic N) is 2. The fourth-order valence-corrected chi connectivity index (χ4v) is 1.41. The highest BCUT2D eigenvalue weighted by atomic mass is 16.3. The molecular formula is C7H11N3O. The van der Waals surface area contributed by atoms with E-state index in [9.17, 15) is 5.11 Å². The van der Waals surface area contributed by atoms with Crippen LogP contribution in [0.15, 0.2) is 12.4 Å². The molecule has 1 aromatic rings. The molecule has 4 nitrogen and oxygen atoms in total. The minimum atomic E-state index is -0.584. The molecule has 0 aliphatic carbocycles. The summed E-state index contributed by atoms with van der Waals surface area (Å²) in [5.74, 6) is 0.698. The van der Waals surface area contributed by atoms with Crippen LogP contribution in [0.2, 0.25) is 0 Å².